The molecule has 0 atom stereocenters. The van der Waals surface area contributed by atoms with Crippen LogP contribution in [0.4, 0.5) is 0 Å². The van der Waals surface area contributed by atoms with Gasteiger partial charge in [-0.2, -0.15) is 0 Å². The van der Waals surface area contributed by atoms with Gasteiger partial charge in [-0.15, -0.1) is 11.8 Å². The van der Waals surface area contributed by atoms with Crippen LogP contribution in [0.3, 0.4) is 0 Å². The lowest BCUT2D eigenvalue weighted by atomic mass is 10.1. The lowest BCUT2D eigenvalue weighted by Gasteiger charge is -2.04. The van der Waals surface area contributed by atoms with Gasteiger partial charge in [-0.3, -0.25) is 0 Å². The molecule has 98 valence electrons. The topological polar surface area (TPSA) is 67.9 Å². The van der Waals surface area contributed by atoms with Gasteiger partial charge < -0.3 is 15.9 Å². The summed E-state index contributed by atoms with van der Waals surface area (Å²) < 4.78 is 0. The summed E-state index contributed by atoms with van der Waals surface area (Å²) >= 11 is 1.71. The number of nitrogens with one attached hydrogen (secondary N) is 2. The van der Waals surface area contributed by atoms with Crippen LogP contribution in [0.5, 0.6) is 5.75 Å². The first-order valence-electron chi connectivity index (χ1n) is 6.19. The maximum Gasteiger partial charge on any atom is 0.115 e. The number of benzene rings is 1. The van der Waals surface area contributed by atoms with E-state index in [-0.39, 0.29) is 0 Å². The van der Waals surface area contributed by atoms with Crippen LogP contribution in [0.2, 0.25) is 0 Å². The second-order valence-corrected chi connectivity index (χ2v) is 5.31. The molecule has 0 aliphatic heterocycles. The summed E-state index contributed by atoms with van der Waals surface area (Å²) in [6.07, 6.45) is 5.95. The van der Waals surface area contributed by atoms with Crippen LogP contribution in [0, 0.1) is 10.8 Å². The number of unbranched alkanes of at least 4 members (excludes halogenated alkanes) is 2. The highest BCUT2D eigenvalue weighted by molar-refractivity contribution is 7.99. The maximum absolute atomic E-state index is 9.15. The van der Waals surface area contributed by atoms with E-state index in [1.807, 2.05) is 12.1 Å². The largest absolute Gasteiger partial charge is 0.508 e. The van der Waals surface area contributed by atoms with Crippen molar-refractivity contribution in [3.8, 4) is 5.75 Å². The Hall–Kier alpha value is -1.29. The van der Waals surface area contributed by atoms with Gasteiger partial charge in [0.1, 0.15) is 5.75 Å². The SMILES string of the molecule is N=CCCCCC(=N)CCSc1ccc(O)cc1. The van der Waals surface area contributed by atoms with E-state index in [0.29, 0.717) is 5.75 Å². The zero-order valence-corrected chi connectivity index (χ0v) is 11.3. The predicted octanol–water partition coefficient (Wildman–Crippen LogP) is 4.10. The molecule has 0 spiro atoms. The Morgan fingerprint density at radius 3 is 2.56 bits per heavy atom. The van der Waals surface area contributed by atoms with Crippen LogP contribution in [-0.4, -0.2) is 22.8 Å². The summed E-state index contributed by atoms with van der Waals surface area (Å²) in [7, 11) is 0. The minimum Gasteiger partial charge on any atom is -0.508 e. The van der Waals surface area contributed by atoms with E-state index < -0.39 is 0 Å². The second kappa shape index (κ2) is 8.75. The monoisotopic (exact) mass is 264 g/mol. The van der Waals surface area contributed by atoms with E-state index in [0.717, 1.165) is 48.5 Å². The van der Waals surface area contributed by atoms with Gasteiger partial charge in [-0.05, 0) is 62.6 Å². The minimum atomic E-state index is 0.290. The number of phenols is 1. The van der Waals surface area contributed by atoms with Gasteiger partial charge >= 0.3 is 0 Å². The van der Waals surface area contributed by atoms with Crippen LogP contribution in [-0.2, 0) is 0 Å². The fraction of sp³-hybridized carbons (Fsp3) is 0.429. The molecular weight excluding hydrogens is 244 g/mol. The smallest absolute Gasteiger partial charge is 0.115 e. The molecule has 4 heteroatoms. The lowest BCUT2D eigenvalue weighted by molar-refractivity contribution is 0.475. The average Bonchev–Trinajstić information content (AvgIpc) is 2.37. The highest BCUT2D eigenvalue weighted by Crippen LogP contribution is 2.21. The molecule has 18 heavy (non-hydrogen) atoms. The summed E-state index contributed by atoms with van der Waals surface area (Å²) in [6.45, 7) is 0. The predicted molar refractivity (Wildman–Crippen MR) is 78.4 cm³/mol. The molecule has 1 aromatic rings. The van der Waals surface area contributed by atoms with E-state index in [4.69, 9.17) is 15.9 Å². The molecule has 3 N–H and O–H groups in total. The van der Waals surface area contributed by atoms with Crippen molar-refractivity contribution in [1.82, 2.24) is 0 Å². The van der Waals surface area contributed by atoms with E-state index in [2.05, 4.69) is 0 Å². The molecule has 0 unspecified atom stereocenters. The molecule has 0 amide bonds. The van der Waals surface area contributed by atoms with Crippen molar-refractivity contribution in [2.75, 3.05) is 5.75 Å². The van der Waals surface area contributed by atoms with E-state index >= 15 is 0 Å². The van der Waals surface area contributed by atoms with Crippen LogP contribution in [0.25, 0.3) is 0 Å². The highest BCUT2D eigenvalue weighted by Gasteiger charge is 1.99. The first-order valence-corrected chi connectivity index (χ1v) is 7.18. The maximum atomic E-state index is 9.15. The molecular formula is C14H20N2OS. The standard InChI is InChI=1S/C14H20N2OS/c15-10-3-1-2-4-12(16)9-11-18-14-7-5-13(17)6-8-14/h5-8,10,15-17H,1-4,9,11H2. The number of phenolic OH excluding ortho intramolecular Hbond substituents is 1. The van der Waals surface area contributed by atoms with Crippen molar-refractivity contribution >= 4 is 23.7 Å². The average molecular weight is 264 g/mol. The van der Waals surface area contributed by atoms with Gasteiger partial charge in [0.05, 0.1) is 0 Å². The zero-order valence-electron chi connectivity index (χ0n) is 10.5. The van der Waals surface area contributed by atoms with Crippen molar-refractivity contribution < 1.29 is 5.11 Å². The molecule has 3 nitrogen and oxygen atoms in total. The lowest BCUT2D eigenvalue weighted by Crippen LogP contribution is -1.98. The summed E-state index contributed by atoms with van der Waals surface area (Å²) in [5.41, 5.74) is 0.797. The van der Waals surface area contributed by atoms with Crippen LogP contribution >= 0.6 is 11.8 Å². The minimum absolute atomic E-state index is 0.290. The fourth-order valence-corrected chi connectivity index (χ4v) is 2.46. The number of rotatable bonds is 9. The third-order valence-corrected chi connectivity index (χ3v) is 3.60. The molecule has 0 aromatic heterocycles. The van der Waals surface area contributed by atoms with Gasteiger partial charge in [-0.25, -0.2) is 0 Å². The van der Waals surface area contributed by atoms with E-state index in [9.17, 15) is 0 Å². The fourth-order valence-electron chi connectivity index (χ4n) is 1.54. The Bertz CT molecular complexity index is 376. The van der Waals surface area contributed by atoms with Crippen molar-refractivity contribution in [1.29, 1.82) is 10.8 Å². The number of hydrogen-bond acceptors (Lipinski definition) is 4. The normalized spacial score (nSPS) is 10.2. The van der Waals surface area contributed by atoms with E-state index in [1.165, 1.54) is 6.21 Å². The van der Waals surface area contributed by atoms with Crippen molar-refractivity contribution in [3.05, 3.63) is 24.3 Å². The van der Waals surface area contributed by atoms with Crippen molar-refractivity contribution in [2.24, 2.45) is 0 Å². The van der Waals surface area contributed by atoms with Gasteiger partial charge in [0.2, 0.25) is 0 Å². The van der Waals surface area contributed by atoms with Crippen molar-refractivity contribution in [3.63, 3.8) is 0 Å². The highest BCUT2D eigenvalue weighted by atomic mass is 32.2. The summed E-state index contributed by atoms with van der Waals surface area (Å²) in [5, 5.41) is 23.9. The third kappa shape index (κ3) is 6.45. The summed E-state index contributed by atoms with van der Waals surface area (Å²) in [4.78, 5) is 1.13. The summed E-state index contributed by atoms with van der Waals surface area (Å²) in [5.74, 6) is 1.20. The number of aromatic hydroxyl groups is 1. The van der Waals surface area contributed by atoms with Gasteiger partial charge in [0, 0.05) is 16.4 Å². The Morgan fingerprint density at radius 2 is 1.89 bits per heavy atom. The van der Waals surface area contributed by atoms with Crippen LogP contribution < -0.4 is 0 Å². The number of thioether (sulfide) groups is 1. The Labute approximate surface area is 113 Å². The molecule has 0 fully saturated rings. The quantitative estimate of drug-likeness (QED) is 0.357. The molecule has 0 saturated heterocycles. The first-order chi connectivity index (χ1) is 8.72. The number of hydrogen-bond donors (Lipinski definition) is 3. The van der Waals surface area contributed by atoms with Crippen LogP contribution in [0.15, 0.2) is 29.2 Å². The summed E-state index contributed by atoms with van der Waals surface area (Å²) in [6, 6.07) is 7.16. The Balaban J connectivity index is 2.11. The Kier molecular flexibility index (Phi) is 7.18. The first kappa shape index (κ1) is 14.8. The van der Waals surface area contributed by atoms with Gasteiger partial charge in [-0.1, -0.05) is 0 Å². The van der Waals surface area contributed by atoms with E-state index in [1.54, 1.807) is 23.9 Å². The zero-order chi connectivity index (χ0) is 13.2. The molecule has 0 heterocycles. The molecule has 0 bridgehead atoms. The molecule has 0 saturated carbocycles. The third-order valence-electron chi connectivity index (χ3n) is 2.59. The molecule has 0 aliphatic carbocycles. The second-order valence-electron chi connectivity index (χ2n) is 4.15. The molecule has 1 rings (SSSR count). The van der Waals surface area contributed by atoms with Gasteiger partial charge in [0.15, 0.2) is 0 Å². The molecule has 0 aliphatic rings. The Morgan fingerprint density at radius 1 is 1.17 bits per heavy atom. The molecule has 1 aromatic carbocycles. The van der Waals surface area contributed by atoms with Crippen molar-refractivity contribution in [2.45, 2.75) is 37.0 Å². The van der Waals surface area contributed by atoms with Gasteiger partial charge in [0.25, 0.3) is 0 Å². The molecule has 0 radical (unpaired) electrons. The van der Waals surface area contributed by atoms with Crippen LogP contribution in [0.1, 0.15) is 32.1 Å².